The van der Waals surface area contributed by atoms with Gasteiger partial charge in [-0.15, -0.1) is 23.1 Å². The fraction of sp³-hybridized carbons (Fsp3) is 0.688. The Bertz CT molecular complexity index is 540. The molecule has 2 unspecified atom stereocenters. The molecule has 1 aromatic heterocycles. The van der Waals surface area contributed by atoms with Crippen molar-refractivity contribution in [1.29, 1.82) is 0 Å². The molecule has 0 radical (unpaired) electrons. The van der Waals surface area contributed by atoms with E-state index in [9.17, 15) is 9.90 Å². The first-order valence-corrected chi connectivity index (χ1v) is 9.48. The van der Waals surface area contributed by atoms with E-state index >= 15 is 0 Å². The number of aliphatic hydroxyl groups is 1. The Morgan fingerprint density at radius 1 is 1.41 bits per heavy atom. The van der Waals surface area contributed by atoms with Gasteiger partial charge in [-0.05, 0) is 18.9 Å². The predicted octanol–water partition coefficient (Wildman–Crippen LogP) is 3.49. The fourth-order valence-corrected chi connectivity index (χ4v) is 4.81. The minimum absolute atomic E-state index is 0.0728. The molecule has 0 bridgehead atoms. The van der Waals surface area contributed by atoms with Crippen LogP contribution in [-0.4, -0.2) is 29.4 Å². The topological polar surface area (TPSA) is 61.4 Å². The Hall–Kier alpha value is -0.560. The first-order chi connectivity index (χ1) is 10.2. The molecule has 4 nitrogen and oxygen atoms in total. The van der Waals surface area contributed by atoms with Gasteiger partial charge in [0.1, 0.15) is 0 Å². The molecule has 1 aliphatic rings. The standard InChI is InChI=1S/C16H26N2O2S2/c1-9(2)14(20)16(4,5)8-17-10(3)12-6-11-15(22-12)21-7-13(19)18-11/h6,9-10,14,17,20H,7-8H2,1-5H3,(H,18,19). The number of nitrogens with one attached hydrogen (secondary N) is 2. The van der Waals surface area contributed by atoms with Crippen molar-refractivity contribution >= 4 is 34.7 Å². The SMILES string of the molecule is CC(NCC(C)(C)C(O)C(C)C)c1cc2c(s1)SCC(=O)N2. The van der Waals surface area contributed by atoms with Gasteiger partial charge >= 0.3 is 0 Å². The third-order valence-corrected chi connectivity index (χ3v) is 6.65. The van der Waals surface area contributed by atoms with E-state index in [-0.39, 0.29) is 29.4 Å². The molecule has 1 aliphatic heterocycles. The molecule has 6 heteroatoms. The van der Waals surface area contributed by atoms with E-state index in [1.54, 1.807) is 23.1 Å². The third kappa shape index (κ3) is 4.04. The summed E-state index contributed by atoms with van der Waals surface area (Å²) in [6.07, 6.45) is -0.335. The van der Waals surface area contributed by atoms with Crippen LogP contribution in [0.15, 0.2) is 10.3 Å². The highest BCUT2D eigenvalue weighted by atomic mass is 32.2. The van der Waals surface area contributed by atoms with Gasteiger partial charge in [-0.2, -0.15) is 0 Å². The first kappa shape index (κ1) is 17.8. The molecule has 0 aliphatic carbocycles. The number of carbonyl (C=O) groups is 1. The lowest BCUT2D eigenvalue weighted by Gasteiger charge is -2.34. The Morgan fingerprint density at radius 3 is 2.73 bits per heavy atom. The number of thiophene rings is 1. The number of hydrogen-bond donors (Lipinski definition) is 3. The summed E-state index contributed by atoms with van der Waals surface area (Å²) in [5.74, 6) is 0.818. The summed E-state index contributed by atoms with van der Waals surface area (Å²) >= 11 is 3.34. The minimum atomic E-state index is -0.335. The Kier molecular flexibility index (Phi) is 5.59. The molecule has 0 saturated carbocycles. The van der Waals surface area contributed by atoms with Crippen molar-refractivity contribution in [2.75, 3.05) is 17.6 Å². The highest BCUT2D eigenvalue weighted by Crippen LogP contribution is 2.41. The summed E-state index contributed by atoms with van der Waals surface area (Å²) in [5.41, 5.74) is 0.763. The van der Waals surface area contributed by atoms with E-state index in [0.717, 1.165) is 12.2 Å². The van der Waals surface area contributed by atoms with Crippen molar-refractivity contribution in [3.8, 4) is 0 Å². The maximum atomic E-state index is 11.4. The number of fused-ring (bicyclic) bond motifs is 1. The summed E-state index contributed by atoms with van der Waals surface area (Å²) in [5, 5.41) is 16.8. The maximum absolute atomic E-state index is 11.4. The number of rotatable bonds is 6. The average Bonchev–Trinajstić information content (AvgIpc) is 2.86. The predicted molar refractivity (Wildman–Crippen MR) is 94.7 cm³/mol. The van der Waals surface area contributed by atoms with Gasteiger partial charge in [0.25, 0.3) is 0 Å². The fourth-order valence-electron chi connectivity index (χ4n) is 2.64. The number of amides is 1. The molecular formula is C16H26N2O2S2. The van der Waals surface area contributed by atoms with Crippen molar-refractivity contribution in [2.24, 2.45) is 11.3 Å². The van der Waals surface area contributed by atoms with Gasteiger partial charge in [0, 0.05) is 22.9 Å². The number of aliphatic hydroxyl groups excluding tert-OH is 1. The number of hydrogen-bond acceptors (Lipinski definition) is 5. The molecular weight excluding hydrogens is 316 g/mol. The molecule has 0 fully saturated rings. The van der Waals surface area contributed by atoms with E-state index in [2.05, 4.69) is 37.5 Å². The van der Waals surface area contributed by atoms with Gasteiger partial charge < -0.3 is 15.7 Å². The Labute approximate surface area is 141 Å². The summed E-state index contributed by atoms with van der Waals surface area (Å²) in [4.78, 5) is 12.6. The van der Waals surface area contributed by atoms with Crippen LogP contribution in [0.2, 0.25) is 0 Å². The van der Waals surface area contributed by atoms with Crippen molar-refractivity contribution in [3.05, 3.63) is 10.9 Å². The van der Waals surface area contributed by atoms with Gasteiger partial charge in [-0.1, -0.05) is 27.7 Å². The zero-order chi connectivity index (χ0) is 16.5. The number of anilines is 1. The lowest BCUT2D eigenvalue weighted by Crippen LogP contribution is -2.42. The highest BCUT2D eigenvalue weighted by molar-refractivity contribution is 8.02. The molecule has 1 amide bonds. The van der Waals surface area contributed by atoms with Crippen molar-refractivity contribution in [3.63, 3.8) is 0 Å². The van der Waals surface area contributed by atoms with Crippen LogP contribution in [0.25, 0.3) is 0 Å². The molecule has 0 spiro atoms. The van der Waals surface area contributed by atoms with Crippen LogP contribution in [-0.2, 0) is 4.79 Å². The second kappa shape index (κ2) is 6.91. The molecule has 1 aromatic rings. The van der Waals surface area contributed by atoms with Crippen molar-refractivity contribution < 1.29 is 9.90 Å². The van der Waals surface area contributed by atoms with Crippen LogP contribution in [0, 0.1) is 11.3 Å². The van der Waals surface area contributed by atoms with Crippen LogP contribution in [0.3, 0.4) is 0 Å². The summed E-state index contributed by atoms with van der Waals surface area (Å²) < 4.78 is 1.18. The van der Waals surface area contributed by atoms with Crippen molar-refractivity contribution in [2.45, 2.75) is 51.0 Å². The molecule has 0 saturated heterocycles. The van der Waals surface area contributed by atoms with E-state index < -0.39 is 0 Å². The van der Waals surface area contributed by atoms with E-state index in [1.807, 2.05) is 13.8 Å². The van der Waals surface area contributed by atoms with Gasteiger partial charge in [-0.3, -0.25) is 4.79 Å². The van der Waals surface area contributed by atoms with Crippen LogP contribution < -0.4 is 10.6 Å². The monoisotopic (exact) mass is 342 g/mol. The normalized spacial score (nSPS) is 18.0. The average molecular weight is 343 g/mol. The maximum Gasteiger partial charge on any atom is 0.234 e. The van der Waals surface area contributed by atoms with Gasteiger partial charge in [0.05, 0.1) is 21.8 Å². The summed E-state index contributed by atoms with van der Waals surface area (Å²) in [6, 6.07) is 2.26. The molecule has 0 aromatic carbocycles. The largest absolute Gasteiger partial charge is 0.392 e. The third-order valence-electron chi connectivity index (χ3n) is 4.05. The molecule has 3 N–H and O–H groups in total. The minimum Gasteiger partial charge on any atom is -0.392 e. The van der Waals surface area contributed by atoms with Gasteiger partial charge in [0.2, 0.25) is 5.91 Å². The smallest absolute Gasteiger partial charge is 0.234 e. The number of carbonyl (C=O) groups excluding carboxylic acids is 1. The quantitative estimate of drug-likeness (QED) is 0.741. The van der Waals surface area contributed by atoms with E-state index in [1.165, 1.54) is 9.09 Å². The van der Waals surface area contributed by atoms with Crippen LogP contribution >= 0.6 is 23.1 Å². The Balaban J connectivity index is 1.98. The molecule has 2 atom stereocenters. The second-order valence-electron chi connectivity index (χ2n) is 6.97. The highest BCUT2D eigenvalue weighted by Gasteiger charge is 2.30. The van der Waals surface area contributed by atoms with E-state index in [0.29, 0.717) is 5.75 Å². The van der Waals surface area contributed by atoms with E-state index in [4.69, 9.17) is 0 Å². The lowest BCUT2D eigenvalue weighted by atomic mass is 9.80. The summed E-state index contributed by atoms with van der Waals surface area (Å²) in [7, 11) is 0. The van der Waals surface area contributed by atoms with Gasteiger partial charge in [0.15, 0.2) is 0 Å². The lowest BCUT2D eigenvalue weighted by molar-refractivity contribution is -0.113. The van der Waals surface area contributed by atoms with Crippen LogP contribution in [0.5, 0.6) is 0 Å². The van der Waals surface area contributed by atoms with Crippen LogP contribution in [0.4, 0.5) is 5.69 Å². The molecule has 124 valence electrons. The number of thioether (sulfide) groups is 1. The Morgan fingerprint density at radius 2 is 2.09 bits per heavy atom. The van der Waals surface area contributed by atoms with Gasteiger partial charge in [-0.25, -0.2) is 0 Å². The first-order valence-electron chi connectivity index (χ1n) is 7.68. The second-order valence-corrected chi connectivity index (χ2v) is 9.29. The van der Waals surface area contributed by atoms with Crippen molar-refractivity contribution in [1.82, 2.24) is 5.32 Å². The summed E-state index contributed by atoms with van der Waals surface area (Å²) in [6.45, 7) is 11.1. The molecule has 2 heterocycles. The molecule has 22 heavy (non-hydrogen) atoms. The van der Waals surface area contributed by atoms with Crippen LogP contribution in [0.1, 0.15) is 45.5 Å². The zero-order valence-electron chi connectivity index (χ0n) is 13.9. The zero-order valence-corrected chi connectivity index (χ0v) is 15.5. The molecule has 2 rings (SSSR count).